The lowest BCUT2D eigenvalue weighted by atomic mass is 9.82. The second-order valence-electron chi connectivity index (χ2n) is 41.9. The average molecular weight is 1950 g/mol. The topological polar surface area (TPSA) is 249 Å². The first-order valence-corrected chi connectivity index (χ1v) is 49.5. The lowest BCUT2D eigenvalue weighted by molar-refractivity contribution is -0.139. The molecule has 17 aromatic rings. The molecule has 0 unspecified atom stereocenters. The number of aromatic hydroxyl groups is 1. The molecule has 1 N–H and O–H groups in total. The summed E-state index contributed by atoms with van der Waals surface area (Å²) in [6.07, 6.45) is 9.74. The summed E-state index contributed by atoms with van der Waals surface area (Å²) in [4.78, 5) is 80.1. The van der Waals surface area contributed by atoms with E-state index in [-0.39, 0.29) is 34.4 Å². The molecule has 145 heavy (non-hydrogen) atoms. The molecule has 21 rings (SSSR count). The monoisotopic (exact) mass is 1940 g/mol. The number of ether oxygens (including phenoxy) is 9. The van der Waals surface area contributed by atoms with E-state index in [4.69, 9.17) is 62.6 Å². The first-order valence-electron chi connectivity index (χ1n) is 49.5. The number of aromatic nitrogens is 6. The largest absolute Gasteiger partial charge is 0.507 e. The lowest BCUT2D eigenvalue weighted by Gasteiger charge is -2.31. The van der Waals surface area contributed by atoms with Gasteiger partial charge in [0.15, 0.2) is 23.1 Å². The van der Waals surface area contributed by atoms with E-state index in [0.717, 1.165) is 214 Å². The summed E-state index contributed by atoms with van der Waals surface area (Å²) in [5, 5.41) is 22.0. The fourth-order valence-electron chi connectivity index (χ4n) is 21.5. The maximum atomic E-state index is 14.5. The van der Waals surface area contributed by atoms with Gasteiger partial charge in [0.2, 0.25) is 0 Å². The van der Waals surface area contributed by atoms with Crippen LogP contribution in [0.25, 0.3) is 142 Å². The number of phenolic OH excluding ortho intramolecular Hbond substituents is 1. The molecule has 4 aliphatic rings. The highest BCUT2D eigenvalue weighted by Gasteiger charge is 2.40. The fraction of sp³-hybridized carbons (Fsp3) is 0.317. The zero-order valence-corrected chi connectivity index (χ0v) is 86.4. The van der Waals surface area contributed by atoms with E-state index in [1.807, 2.05) is 225 Å². The smallest absolute Gasteiger partial charge is 0.264 e. The Morgan fingerprint density at radius 3 is 1.00 bits per heavy atom. The highest BCUT2D eigenvalue weighted by molar-refractivity contribution is 6.16. The number of pyridine rings is 4. The van der Waals surface area contributed by atoms with Crippen molar-refractivity contribution in [1.82, 2.24) is 29.9 Å². The van der Waals surface area contributed by atoms with Gasteiger partial charge in [0.1, 0.15) is 65.2 Å². The van der Waals surface area contributed by atoms with Gasteiger partial charge >= 0.3 is 0 Å². The molecule has 4 aliphatic heterocycles. The molecule has 0 spiro atoms. The third-order valence-corrected chi connectivity index (χ3v) is 27.4. The molecule has 4 atom stereocenters. The van der Waals surface area contributed by atoms with Crippen molar-refractivity contribution in [2.45, 2.75) is 224 Å². The molecule has 12 aromatic carbocycles. The Morgan fingerprint density at radius 2 is 0.648 bits per heavy atom. The standard InChI is InChI=1S/C34H33N3O3.C30H29F2NO3.C30H31NO4.C29H29NO4/c1-19-15-27-20(2)24(23-16-35-18-36-17-23)7-8-25(27)31(29(19)33(21(3)38)40-34(4,5)6)26-9-10-28-30-22(12-14-39-28)11-13-37-32(26)30;1-16-23(29(31)32)19-8-6-7-9-20(19)26(24(16)28(17(2)34)36-30(3,4)5)21-10-11-22-25-18(13-15-35-22)12-14-33-27(21)25;1-17-24(29(18(2)32)35-30(3,4)5)26(20-9-7-8-10-21(20)28(17)33-6)22-11-12-23-25-19(14-16-34-23)13-15-31-27(22)25;1-16-23(28(17(2)31)34-29(3,4)5)25(19-8-6-7-9-20(19)27(16)32)21-10-11-22-24-18(13-15-33-22)12-14-30-26(21)24/h7-11,13,15-18,33H,12,14H2,1-6H3;6-12,14,28-29H,13,15H2,1-5H3;7-13,15,29H,14,16H2,1-6H3;6-12,14,28,32H,13,15H2,1-5H3/t33-;28-;29-;28-/m1111/s1. The van der Waals surface area contributed by atoms with Crippen molar-refractivity contribution in [2.75, 3.05) is 33.5 Å². The Kier molecular flexibility index (Phi) is 27.7. The summed E-state index contributed by atoms with van der Waals surface area (Å²) in [6, 6.07) is 53.7. The van der Waals surface area contributed by atoms with Crippen LogP contribution in [0, 0.1) is 34.6 Å². The van der Waals surface area contributed by atoms with Gasteiger partial charge in [-0.15, -0.1) is 0 Å². The number of alkyl halides is 2. The first kappa shape index (κ1) is 101. The number of halogens is 2. The molecule has 9 heterocycles. The van der Waals surface area contributed by atoms with E-state index in [9.17, 15) is 33.1 Å². The number of hydrogen-bond donors (Lipinski definition) is 1. The highest BCUT2D eigenvalue weighted by Crippen LogP contribution is 2.55. The van der Waals surface area contributed by atoms with Gasteiger partial charge in [-0.1, -0.05) is 91.0 Å². The Labute approximate surface area is 843 Å². The number of rotatable bonds is 19. The number of ketones is 4. The van der Waals surface area contributed by atoms with Crippen molar-refractivity contribution in [3.05, 3.63) is 285 Å². The zero-order chi connectivity index (χ0) is 103. The number of carbonyl (C=O) groups excluding carboxylic acids is 4. The predicted octanol–water partition coefficient (Wildman–Crippen LogP) is 28.4. The van der Waals surface area contributed by atoms with Crippen molar-refractivity contribution in [3.63, 3.8) is 0 Å². The van der Waals surface area contributed by atoms with E-state index in [2.05, 4.69) is 78.4 Å². The van der Waals surface area contributed by atoms with Gasteiger partial charge in [-0.3, -0.25) is 39.1 Å². The Hall–Kier alpha value is -14.4. The van der Waals surface area contributed by atoms with Gasteiger partial charge in [-0.25, -0.2) is 18.7 Å². The number of hydrogen-bond acceptors (Lipinski definition) is 20. The number of carbonyl (C=O) groups is 4. The molecule has 0 saturated heterocycles. The van der Waals surface area contributed by atoms with Crippen molar-refractivity contribution >= 4 is 110 Å². The average Bonchev–Trinajstić information content (AvgIpc) is 0.763. The van der Waals surface area contributed by atoms with Crippen LogP contribution in [0.1, 0.15) is 220 Å². The molecule has 0 radical (unpaired) electrons. The minimum absolute atomic E-state index is 0.0348. The van der Waals surface area contributed by atoms with E-state index < -0.39 is 53.2 Å². The van der Waals surface area contributed by atoms with Gasteiger partial charge in [0.25, 0.3) is 6.43 Å². The van der Waals surface area contributed by atoms with E-state index in [0.29, 0.717) is 65.0 Å². The lowest BCUT2D eigenvalue weighted by Crippen LogP contribution is -2.27. The molecule has 5 aromatic heterocycles. The van der Waals surface area contributed by atoms with Gasteiger partial charge in [-0.05, 0) is 334 Å². The summed E-state index contributed by atoms with van der Waals surface area (Å²) >= 11 is 0. The third-order valence-electron chi connectivity index (χ3n) is 27.4. The third kappa shape index (κ3) is 19.4. The summed E-state index contributed by atoms with van der Waals surface area (Å²) in [5.74, 6) is 3.74. The zero-order valence-electron chi connectivity index (χ0n) is 86.4. The Balaban J connectivity index is 0.000000127. The van der Waals surface area contributed by atoms with E-state index in [1.54, 1.807) is 52.5 Å². The fourth-order valence-corrected chi connectivity index (χ4v) is 21.5. The second-order valence-corrected chi connectivity index (χ2v) is 41.9. The van der Waals surface area contributed by atoms with Gasteiger partial charge < -0.3 is 47.7 Å². The molecular formula is C123H122F2N6O14. The summed E-state index contributed by atoms with van der Waals surface area (Å²) in [5.41, 5.74) is 21.6. The molecule has 0 saturated carbocycles. The molecular weight excluding hydrogens is 1820 g/mol. The first-order chi connectivity index (χ1) is 69.1. The number of methoxy groups -OCH3 is 1. The second kappa shape index (κ2) is 39.9. The molecule has 742 valence electrons. The quantitative estimate of drug-likeness (QED) is 0.0790. The van der Waals surface area contributed by atoms with Crippen LogP contribution in [0.4, 0.5) is 8.78 Å². The molecule has 20 nitrogen and oxygen atoms in total. The van der Waals surface area contributed by atoms with E-state index >= 15 is 0 Å². The Morgan fingerprint density at radius 1 is 0.345 bits per heavy atom. The maximum absolute atomic E-state index is 14.5. The number of benzene rings is 12. The van der Waals surface area contributed by atoms with Crippen LogP contribution in [0.5, 0.6) is 34.5 Å². The molecule has 0 amide bonds. The SMILES string of the molecule is CC(=O)[C@@H](OC(C)(C)C)c1c(C)c(C(F)F)c2ccccc2c1-c1ccc2c3c(ccnc13)CCO2.CC(=O)[C@@H](OC(C)(C)C)c1c(C)c(O)c2ccccc2c1-c1ccc2c3c(ccnc13)CCO2.CC(=O)[C@@H](OC(C)(C)C)c1c(C)cc2c(C)c(-c3cncnc3)ccc2c1-c1ccc2c3c(ccnc13)CCO2.COc1c(C)c([C@H](OC(C)(C)C)C(C)=O)c(-c2ccc3c4c(ccnc24)CCO3)c2ccccc12. The highest BCUT2D eigenvalue weighted by atomic mass is 19.3. The van der Waals surface area contributed by atoms with Crippen molar-refractivity contribution in [1.29, 1.82) is 0 Å². The van der Waals surface area contributed by atoms with Crippen molar-refractivity contribution in [2.24, 2.45) is 0 Å². The van der Waals surface area contributed by atoms with Crippen LogP contribution in [0.2, 0.25) is 0 Å². The van der Waals surface area contributed by atoms with Crippen LogP contribution < -0.4 is 23.7 Å². The van der Waals surface area contributed by atoms with Crippen LogP contribution in [-0.4, -0.2) is 114 Å². The van der Waals surface area contributed by atoms with Crippen molar-refractivity contribution < 1.29 is 75.7 Å². The van der Waals surface area contributed by atoms with Crippen LogP contribution in [0.3, 0.4) is 0 Å². The van der Waals surface area contributed by atoms with Crippen LogP contribution >= 0.6 is 0 Å². The van der Waals surface area contributed by atoms with Crippen LogP contribution in [-0.2, 0) is 63.8 Å². The van der Waals surface area contributed by atoms with Gasteiger partial charge in [0.05, 0.1) is 78.0 Å². The number of fused-ring (bicyclic) bond motifs is 4. The summed E-state index contributed by atoms with van der Waals surface area (Å²) in [6.45, 7) is 41.7. The summed E-state index contributed by atoms with van der Waals surface area (Å²) < 4.78 is 84.3. The summed E-state index contributed by atoms with van der Waals surface area (Å²) in [7, 11) is 1.67. The molecule has 22 heteroatoms. The number of nitrogens with zero attached hydrogens (tertiary/aromatic N) is 6. The van der Waals surface area contributed by atoms with Gasteiger partial charge in [0, 0.05) is 145 Å². The van der Waals surface area contributed by atoms with Gasteiger partial charge in [-0.2, -0.15) is 0 Å². The number of aryl methyl sites for hydroxylation is 2. The minimum atomic E-state index is -2.72. The molecule has 0 bridgehead atoms. The molecule has 0 fully saturated rings. The number of phenols is 1. The minimum Gasteiger partial charge on any atom is -0.507 e. The number of Topliss-reactive ketones (excluding diaryl/α,β-unsaturated/α-hetero) is 4. The predicted molar refractivity (Wildman–Crippen MR) is 570 cm³/mol. The normalized spacial score (nSPS) is 14.1. The Bertz CT molecular complexity index is 8050. The van der Waals surface area contributed by atoms with Crippen LogP contribution in [0.15, 0.2) is 207 Å². The van der Waals surface area contributed by atoms with E-state index in [1.165, 1.54) is 30.5 Å². The van der Waals surface area contributed by atoms with Crippen molar-refractivity contribution in [3.8, 4) is 90.1 Å². The maximum Gasteiger partial charge on any atom is 0.264 e. The molecule has 0 aliphatic carbocycles.